The van der Waals surface area contributed by atoms with E-state index in [-0.39, 0.29) is 13.0 Å². The third-order valence-corrected chi connectivity index (χ3v) is 1.29. The average Bonchev–Trinajstić information content (AvgIpc) is 2.16. The van der Waals surface area contributed by atoms with Crippen molar-refractivity contribution in [2.75, 3.05) is 6.61 Å². The Balaban J connectivity index is 4.36. The molecule has 0 aromatic carbocycles. The molecule has 0 aromatic heterocycles. The summed E-state index contributed by atoms with van der Waals surface area (Å²) < 4.78 is 13.2. The van der Waals surface area contributed by atoms with Crippen molar-refractivity contribution in [3.8, 4) is 0 Å². The van der Waals surface area contributed by atoms with Crippen LogP contribution in [0.15, 0.2) is 0 Å². The van der Waals surface area contributed by atoms with Crippen molar-refractivity contribution in [2.45, 2.75) is 26.6 Å². The van der Waals surface area contributed by atoms with Crippen LogP contribution in [0.2, 0.25) is 0 Å². The Morgan fingerprint density at radius 3 is 2.20 bits per heavy atom. The van der Waals surface area contributed by atoms with Crippen LogP contribution in [-0.4, -0.2) is 30.3 Å². The molecule has 0 aliphatic heterocycles. The lowest BCUT2D eigenvalue weighted by atomic mass is 10.5. The minimum absolute atomic E-state index is 0.0374. The van der Waals surface area contributed by atoms with Gasteiger partial charge in [-0.05, 0) is 6.92 Å². The van der Waals surface area contributed by atoms with Crippen molar-refractivity contribution in [3.63, 3.8) is 0 Å². The Morgan fingerprint density at radius 1 is 1.20 bits per heavy atom. The first-order chi connectivity index (χ1) is 7.01. The largest absolute Gasteiger partial charge is 0.460 e. The summed E-state index contributed by atoms with van der Waals surface area (Å²) in [7, 11) is 0. The Bertz CT molecular complexity index is 252. The molecule has 0 aliphatic rings. The predicted molar refractivity (Wildman–Crippen MR) is 49.1 cm³/mol. The highest BCUT2D eigenvalue weighted by atomic mass is 35.5. The van der Waals surface area contributed by atoms with E-state index in [1.165, 1.54) is 6.92 Å². The van der Waals surface area contributed by atoms with Crippen LogP contribution in [-0.2, 0) is 23.8 Å². The molecule has 0 radical (unpaired) electrons. The second-order valence-electron chi connectivity index (χ2n) is 2.28. The van der Waals surface area contributed by atoms with Gasteiger partial charge < -0.3 is 14.2 Å². The van der Waals surface area contributed by atoms with Crippen molar-refractivity contribution in [1.82, 2.24) is 0 Å². The zero-order valence-corrected chi connectivity index (χ0v) is 9.07. The van der Waals surface area contributed by atoms with Crippen molar-refractivity contribution in [2.24, 2.45) is 0 Å². The molecule has 15 heavy (non-hydrogen) atoms. The summed E-state index contributed by atoms with van der Waals surface area (Å²) in [6.45, 7) is 3.14. The molecule has 0 saturated carbocycles. The minimum atomic E-state index is -1.73. The highest BCUT2D eigenvalue weighted by molar-refractivity contribution is 6.61. The van der Waals surface area contributed by atoms with Gasteiger partial charge in [0.25, 0.3) is 0 Å². The fourth-order valence-corrected chi connectivity index (χ4v) is 0.698. The van der Waals surface area contributed by atoms with E-state index in [9.17, 15) is 14.4 Å². The van der Waals surface area contributed by atoms with E-state index in [2.05, 4.69) is 14.2 Å². The Hall–Kier alpha value is -1.30. The first kappa shape index (κ1) is 13.7. The molecule has 1 atom stereocenters. The van der Waals surface area contributed by atoms with Crippen LogP contribution in [0.25, 0.3) is 0 Å². The first-order valence-electron chi connectivity index (χ1n) is 4.23. The summed E-state index contributed by atoms with van der Waals surface area (Å²) in [5.41, 5.74) is -1.25. The number of hydrogen-bond acceptors (Lipinski definition) is 6. The Kier molecular flexibility index (Phi) is 6.44. The molecule has 0 heterocycles. The number of carbonyl (C=O) groups is 3. The topological polar surface area (TPSA) is 78.9 Å². The average molecular weight is 239 g/mol. The molecule has 0 spiro atoms. The summed E-state index contributed by atoms with van der Waals surface area (Å²) in [5, 5.41) is 0. The fraction of sp³-hybridized carbons (Fsp3) is 0.625. The van der Waals surface area contributed by atoms with Crippen LogP contribution >= 0.6 is 11.6 Å². The number of ether oxygens (including phenoxy) is 3. The molecule has 7 heteroatoms. The lowest BCUT2D eigenvalue weighted by molar-refractivity contribution is -0.189. The van der Waals surface area contributed by atoms with E-state index < -0.39 is 23.7 Å². The normalized spacial score (nSPS) is 11.4. The van der Waals surface area contributed by atoms with E-state index in [4.69, 9.17) is 11.6 Å². The summed E-state index contributed by atoms with van der Waals surface area (Å²) >= 11 is 4.88. The van der Waals surface area contributed by atoms with Gasteiger partial charge in [0.15, 0.2) is 0 Å². The highest BCUT2D eigenvalue weighted by Crippen LogP contribution is 2.03. The zero-order chi connectivity index (χ0) is 11.8. The zero-order valence-electron chi connectivity index (χ0n) is 8.32. The molecular formula is C8H11ClO6. The second kappa shape index (κ2) is 7.05. The van der Waals surface area contributed by atoms with Gasteiger partial charge in [0.2, 0.25) is 0 Å². The van der Waals surface area contributed by atoms with Gasteiger partial charge in [0.05, 0.1) is 6.61 Å². The van der Waals surface area contributed by atoms with Gasteiger partial charge in [-0.15, -0.1) is 0 Å². The smallest absolute Gasteiger partial charge is 0.407 e. The number of halogens is 1. The van der Waals surface area contributed by atoms with E-state index >= 15 is 0 Å². The van der Waals surface area contributed by atoms with E-state index in [1.807, 2.05) is 0 Å². The van der Waals surface area contributed by atoms with E-state index in [0.29, 0.717) is 0 Å². The maximum absolute atomic E-state index is 11.1. The summed E-state index contributed by atoms with van der Waals surface area (Å²) in [5.74, 6) is -1.68. The molecule has 6 nitrogen and oxygen atoms in total. The van der Waals surface area contributed by atoms with Crippen LogP contribution in [0.4, 0.5) is 4.79 Å². The molecule has 0 aliphatic carbocycles. The molecule has 0 aromatic rings. The van der Waals surface area contributed by atoms with Crippen molar-refractivity contribution in [3.05, 3.63) is 0 Å². The standard InChI is InChI=1S/C8H11ClO6/c1-3-5(10)14-7(15-8(9)12)6(11)13-4-2/h7H,3-4H2,1-2H3. The monoisotopic (exact) mass is 238 g/mol. The maximum atomic E-state index is 11.1. The fourth-order valence-electron chi connectivity index (χ4n) is 0.617. The minimum Gasteiger partial charge on any atom is -0.460 e. The van der Waals surface area contributed by atoms with Gasteiger partial charge in [0, 0.05) is 18.0 Å². The third-order valence-electron chi connectivity index (χ3n) is 1.21. The summed E-state index contributed by atoms with van der Waals surface area (Å²) in [6.07, 6.45) is -1.70. The van der Waals surface area contributed by atoms with Crippen LogP contribution in [0.3, 0.4) is 0 Å². The Labute approximate surface area is 91.4 Å². The highest BCUT2D eigenvalue weighted by Gasteiger charge is 2.27. The summed E-state index contributed by atoms with van der Waals surface area (Å²) in [6, 6.07) is 0. The van der Waals surface area contributed by atoms with Gasteiger partial charge >= 0.3 is 23.7 Å². The molecule has 1 unspecified atom stereocenters. The molecular weight excluding hydrogens is 228 g/mol. The van der Waals surface area contributed by atoms with Crippen LogP contribution in [0, 0.1) is 0 Å². The molecule has 0 bridgehead atoms. The molecule has 0 amide bonds. The maximum Gasteiger partial charge on any atom is 0.407 e. The molecule has 0 N–H and O–H groups in total. The molecule has 0 rings (SSSR count). The summed E-state index contributed by atoms with van der Waals surface area (Å²) in [4.78, 5) is 32.3. The SMILES string of the molecule is CCOC(=O)C(OC(=O)Cl)OC(=O)CC. The predicted octanol–water partition coefficient (Wildman–Crippen LogP) is 1.20. The van der Waals surface area contributed by atoms with Gasteiger partial charge in [-0.25, -0.2) is 9.59 Å². The van der Waals surface area contributed by atoms with Gasteiger partial charge in [-0.3, -0.25) is 4.79 Å². The quantitative estimate of drug-likeness (QED) is 0.407. The van der Waals surface area contributed by atoms with Crippen LogP contribution in [0.1, 0.15) is 20.3 Å². The van der Waals surface area contributed by atoms with Crippen LogP contribution < -0.4 is 0 Å². The van der Waals surface area contributed by atoms with Gasteiger partial charge in [-0.2, -0.15) is 0 Å². The van der Waals surface area contributed by atoms with Crippen LogP contribution in [0.5, 0.6) is 0 Å². The molecule has 0 fully saturated rings. The lowest BCUT2D eigenvalue weighted by Gasteiger charge is -2.14. The number of hydrogen-bond donors (Lipinski definition) is 0. The first-order valence-corrected chi connectivity index (χ1v) is 4.61. The number of rotatable bonds is 5. The van der Waals surface area contributed by atoms with Crippen molar-refractivity contribution >= 4 is 29.0 Å². The second-order valence-corrected chi connectivity index (χ2v) is 2.59. The van der Waals surface area contributed by atoms with E-state index in [0.717, 1.165) is 0 Å². The van der Waals surface area contributed by atoms with Gasteiger partial charge in [-0.1, -0.05) is 6.92 Å². The Morgan fingerprint density at radius 2 is 1.80 bits per heavy atom. The van der Waals surface area contributed by atoms with Crippen molar-refractivity contribution in [1.29, 1.82) is 0 Å². The molecule has 0 saturated heterocycles. The number of carbonyl (C=O) groups excluding carboxylic acids is 3. The van der Waals surface area contributed by atoms with Gasteiger partial charge in [0.1, 0.15) is 0 Å². The van der Waals surface area contributed by atoms with Crippen molar-refractivity contribution < 1.29 is 28.6 Å². The lowest BCUT2D eigenvalue weighted by Crippen LogP contribution is -2.32. The molecule has 86 valence electrons. The third kappa shape index (κ3) is 5.90. The van der Waals surface area contributed by atoms with E-state index in [1.54, 1.807) is 6.92 Å². The number of esters is 2.